The van der Waals surface area contributed by atoms with Gasteiger partial charge in [-0.15, -0.1) is 0 Å². The highest BCUT2D eigenvalue weighted by atomic mass is 16.5. The van der Waals surface area contributed by atoms with E-state index in [1.807, 2.05) is 43.0 Å². The van der Waals surface area contributed by atoms with Crippen LogP contribution in [0, 0.1) is 6.92 Å². The number of nitrogens with zero attached hydrogens (tertiary/aromatic N) is 1. The number of hydrogen-bond acceptors (Lipinski definition) is 2. The number of rotatable bonds is 3. The summed E-state index contributed by atoms with van der Waals surface area (Å²) in [5.74, 6) is 0.948. The zero-order chi connectivity index (χ0) is 15.5. The summed E-state index contributed by atoms with van der Waals surface area (Å²) in [4.78, 5) is 14.6. The lowest BCUT2D eigenvalue weighted by Crippen LogP contribution is -2.35. The van der Waals surface area contributed by atoms with Crippen LogP contribution in [0.5, 0.6) is 5.75 Å². The molecular formula is C19H21NO2. The van der Waals surface area contributed by atoms with Crippen molar-refractivity contribution in [2.45, 2.75) is 26.8 Å². The smallest absolute Gasteiger partial charge is 0.254 e. The molecule has 1 amide bonds. The van der Waals surface area contributed by atoms with Crippen molar-refractivity contribution in [1.29, 1.82) is 0 Å². The van der Waals surface area contributed by atoms with Crippen molar-refractivity contribution in [2.75, 3.05) is 13.2 Å². The molecule has 0 atom stereocenters. The van der Waals surface area contributed by atoms with Gasteiger partial charge in [0.1, 0.15) is 5.75 Å². The highest BCUT2D eigenvalue weighted by molar-refractivity contribution is 5.94. The van der Waals surface area contributed by atoms with Crippen molar-refractivity contribution in [3.8, 4) is 5.75 Å². The predicted octanol–water partition coefficient (Wildman–Crippen LogP) is 3.59. The fourth-order valence-electron chi connectivity index (χ4n) is 2.95. The maximum Gasteiger partial charge on any atom is 0.254 e. The quantitative estimate of drug-likeness (QED) is 0.866. The SMILES string of the molecule is CCOc1ccc(C(=O)N2CCc3ccccc3C2)cc1C. The van der Waals surface area contributed by atoms with Gasteiger partial charge in [0.15, 0.2) is 0 Å². The highest BCUT2D eigenvalue weighted by Crippen LogP contribution is 2.23. The zero-order valence-corrected chi connectivity index (χ0v) is 13.1. The third kappa shape index (κ3) is 2.84. The standard InChI is InChI=1S/C19H21NO2/c1-3-22-18-9-8-16(12-14(18)2)19(21)20-11-10-15-6-4-5-7-17(15)13-20/h4-9,12H,3,10-11,13H2,1-2H3. The number of amides is 1. The Morgan fingerprint density at radius 3 is 2.68 bits per heavy atom. The maximum atomic E-state index is 12.7. The van der Waals surface area contributed by atoms with Crippen LogP contribution in [0.4, 0.5) is 0 Å². The van der Waals surface area contributed by atoms with Gasteiger partial charge in [0.25, 0.3) is 5.91 Å². The van der Waals surface area contributed by atoms with E-state index in [-0.39, 0.29) is 5.91 Å². The summed E-state index contributed by atoms with van der Waals surface area (Å²) in [5, 5.41) is 0. The lowest BCUT2D eigenvalue weighted by molar-refractivity contribution is 0.0734. The molecule has 2 aromatic rings. The number of carbonyl (C=O) groups excluding carboxylic acids is 1. The molecule has 0 aromatic heterocycles. The molecule has 1 aliphatic heterocycles. The highest BCUT2D eigenvalue weighted by Gasteiger charge is 2.21. The Labute approximate surface area is 131 Å². The van der Waals surface area contributed by atoms with Crippen molar-refractivity contribution < 1.29 is 9.53 Å². The minimum Gasteiger partial charge on any atom is -0.494 e. The van der Waals surface area contributed by atoms with Crippen molar-refractivity contribution in [3.05, 3.63) is 64.7 Å². The molecule has 3 heteroatoms. The molecular weight excluding hydrogens is 274 g/mol. The molecule has 114 valence electrons. The first-order valence-corrected chi connectivity index (χ1v) is 7.78. The lowest BCUT2D eigenvalue weighted by atomic mass is 9.99. The van der Waals surface area contributed by atoms with Crippen LogP contribution < -0.4 is 4.74 Å². The largest absolute Gasteiger partial charge is 0.494 e. The van der Waals surface area contributed by atoms with Crippen LogP contribution in [0.1, 0.15) is 34.0 Å². The summed E-state index contributed by atoms with van der Waals surface area (Å²) >= 11 is 0. The number of carbonyl (C=O) groups is 1. The van der Waals surface area contributed by atoms with Crippen LogP contribution in [0.15, 0.2) is 42.5 Å². The average molecular weight is 295 g/mol. The van der Waals surface area contributed by atoms with Crippen LogP contribution in [-0.4, -0.2) is 24.0 Å². The minimum atomic E-state index is 0.0978. The molecule has 0 spiro atoms. The van der Waals surface area contributed by atoms with Gasteiger partial charge in [-0.1, -0.05) is 24.3 Å². The molecule has 0 saturated carbocycles. The molecule has 22 heavy (non-hydrogen) atoms. The summed E-state index contributed by atoms with van der Waals surface area (Å²) in [6, 6.07) is 14.0. The third-order valence-corrected chi connectivity index (χ3v) is 4.14. The average Bonchev–Trinajstić information content (AvgIpc) is 2.56. The predicted molar refractivity (Wildman–Crippen MR) is 87.2 cm³/mol. The first-order valence-electron chi connectivity index (χ1n) is 7.78. The molecule has 3 rings (SSSR count). The number of fused-ring (bicyclic) bond motifs is 1. The van der Waals surface area contributed by atoms with Crippen LogP contribution in [0.2, 0.25) is 0 Å². The van der Waals surface area contributed by atoms with E-state index in [2.05, 4.69) is 18.2 Å². The molecule has 0 unspecified atom stereocenters. The van der Waals surface area contributed by atoms with Crippen molar-refractivity contribution in [1.82, 2.24) is 4.90 Å². The molecule has 0 fully saturated rings. The minimum absolute atomic E-state index is 0.0978. The van der Waals surface area contributed by atoms with E-state index in [4.69, 9.17) is 4.74 Å². The molecule has 2 aromatic carbocycles. The Morgan fingerprint density at radius 2 is 1.95 bits per heavy atom. The Hall–Kier alpha value is -2.29. The summed E-state index contributed by atoms with van der Waals surface area (Å²) in [6.45, 7) is 6.05. The van der Waals surface area contributed by atoms with E-state index in [1.165, 1.54) is 11.1 Å². The third-order valence-electron chi connectivity index (χ3n) is 4.14. The van der Waals surface area contributed by atoms with E-state index in [9.17, 15) is 4.79 Å². The van der Waals surface area contributed by atoms with E-state index in [0.29, 0.717) is 13.2 Å². The summed E-state index contributed by atoms with van der Waals surface area (Å²) in [6.07, 6.45) is 0.928. The van der Waals surface area contributed by atoms with Gasteiger partial charge < -0.3 is 9.64 Å². The molecule has 0 radical (unpaired) electrons. The van der Waals surface area contributed by atoms with Gasteiger partial charge in [0.2, 0.25) is 0 Å². The number of aryl methyl sites for hydroxylation is 1. The topological polar surface area (TPSA) is 29.5 Å². The second-order valence-electron chi connectivity index (χ2n) is 5.66. The van der Waals surface area contributed by atoms with E-state index >= 15 is 0 Å². The van der Waals surface area contributed by atoms with E-state index in [1.54, 1.807) is 0 Å². The maximum absolute atomic E-state index is 12.7. The molecule has 1 aliphatic rings. The first-order chi connectivity index (χ1) is 10.7. The van der Waals surface area contributed by atoms with Gasteiger partial charge in [0.05, 0.1) is 6.61 Å². The van der Waals surface area contributed by atoms with Crippen molar-refractivity contribution in [3.63, 3.8) is 0 Å². The monoisotopic (exact) mass is 295 g/mol. The normalized spacial score (nSPS) is 13.6. The zero-order valence-electron chi connectivity index (χ0n) is 13.1. The van der Waals surface area contributed by atoms with E-state index < -0.39 is 0 Å². The number of hydrogen-bond donors (Lipinski definition) is 0. The lowest BCUT2D eigenvalue weighted by Gasteiger charge is -2.29. The van der Waals surface area contributed by atoms with Crippen molar-refractivity contribution in [2.24, 2.45) is 0 Å². The molecule has 1 heterocycles. The second-order valence-corrected chi connectivity index (χ2v) is 5.66. The molecule has 0 aliphatic carbocycles. The Kier molecular flexibility index (Phi) is 4.14. The van der Waals surface area contributed by atoms with Gasteiger partial charge in [-0.25, -0.2) is 0 Å². The number of ether oxygens (including phenoxy) is 1. The second kappa shape index (κ2) is 6.22. The van der Waals surface area contributed by atoms with Crippen LogP contribution in [0.25, 0.3) is 0 Å². The van der Waals surface area contributed by atoms with Crippen LogP contribution in [0.3, 0.4) is 0 Å². The van der Waals surface area contributed by atoms with Crippen LogP contribution in [-0.2, 0) is 13.0 Å². The molecule has 0 N–H and O–H groups in total. The van der Waals surface area contributed by atoms with Gasteiger partial charge in [-0.05, 0) is 55.2 Å². The summed E-state index contributed by atoms with van der Waals surface area (Å²) in [7, 11) is 0. The Bertz CT molecular complexity index is 694. The number of benzene rings is 2. The molecule has 0 bridgehead atoms. The van der Waals surface area contributed by atoms with Gasteiger partial charge in [-0.3, -0.25) is 4.79 Å². The van der Waals surface area contributed by atoms with E-state index in [0.717, 1.165) is 29.8 Å². The van der Waals surface area contributed by atoms with Crippen LogP contribution >= 0.6 is 0 Å². The fourth-order valence-corrected chi connectivity index (χ4v) is 2.95. The van der Waals surface area contributed by atoms with Gasteiger partial charge >= 0.3 is 0 Å². The van der Waals surface area contributed by atoms with Crippen molar-refractivity contribution >= 4 is 5.91 Å². The summed E-state index contributed by atoms with van der Waals surface area (Å²) in [5.41, 5.74) is 4.35. The Balaban J connectivity index is 1.79. The van der Waals surface area contributed by atoms with Gasteiger partial charge in [-0.2, -0.15) is 0 Å². The first kappa shape index (κ1) is 14.6. The van der Waals surface area contributed by atoms with Gasteiger partial charge in [0, 0.05) is 18.7 Å². The Morgan fingerprint density at radius 1 is 1.18 bits per heavy atom. The fraction of sp³-hybridized carbons (Fsp3) is 0.316. The summed E-state index contributed by atoms with van der Waals surface area (Å²) < 4.78 is 5.54. The molecule has 3 nitrogen and oxygen atoms in total. The molecule has 0 saturated heterocycles.